The van der Waals surface area contributed by atoms with E-state index in [9.17, 15) is 8.42 Å². The van der Waals surface area contributed by atoms with Crippen molar-refractivity contribution in [3.63, 3.8) is 0 Å². The Morgan fingerprint density at radius 1 is 1.24 bits per heavy atom. The van der Waals surface area contributed by atoms with Crippen molar-refractivity contribution in [3.05, 3.63) is 24.3 Å². The molecule has 0 saturated carbocycles. The Morgan fingerprint density at radius 3 is 2.60 bits per heavy atom. The summed E-state index contributed by atoms with van der Waals surface area (Å²) in [4.78, 5) is 6.52. The molecule has 1 aromatic carbocycles. The molecule has 8 heteroatoms. The second-order valence-corrected chi connectivity index (χ2v) is 9.96. The number of likely N-dealkylation sites (tertiary alicyclic amines) is 1. The third-order valence-electron chi connectivity index (χ3n) is 5.00. The zero-order valence-corrected chi connectivity index (χ0v) is 15.8. The van der Waals surface area contributed by atoms with Crippen molar-refractivity contribution in [1.82, 2.24) is 9.88 Å². The molecule has 0 N–H and O–H groups in total. The maximum absolute atomic E-state index is 12.8. The monoisotopic (exact) mass is 382 g/mol. The van der Waals surface area contributed by atoms with Gasteiger partial charge in [0.25, 0.3) is 0 Å². The van der Waals surface area contributed by atoms with Crippen LogP contribution in [0.4, 0.5) is 0 Å². The zero-order valence-electron chi connectivity index (χ0n) is 14.2. The molecule has 1 aromatic heterocycles. The molecule has 2 aromatic rings. The lowest BCUT2D eigenvalue weighted by Gasteiger charge is -2.40. The van der Waals surface area contributed by atoms with E-state index < -0.39 is 15.6 Å². The minimum atomic E-state index is -3.39. The van der Waals surface area contributed by atoms with Crippen LogP contribution >= 0.6 is 11.3 Å². The second-order valence-electron chi connectivity index (χ2n) is 6.72. The molecule has 0 radical (unpaired) electrons. The van der Waals surface area contributed by atoms with Gasteiger partial charge in [0, 0.05) is 32.0 Å². The Balaban J connectivity index is 1.43. The largest absolute Gasteiger partial charge is 0.347 e. The van der Waals surface area contributed by atoms with Gasteiger partial charge in [0.2, 0.25) is 14.2 Å². The summed E-state index contributed by atoms with van der Waals surface area (Å²) in [6, 6.07) is 7.46. The van der Waals surface area contributed by atoms with Gasteiger partial charge in [0.1, 0.15) is 0 Å². The lowest BCUT2D eigenvalue weighted by atomic mass is 10.0. The average molecular weight is 383 g/mol. The highest BCUT2D eigenvalue weighted by molar-refractivity contribution is 7.93. The van der Waals surface area contributed by atoms with Crippen LogP contribution in [0.1, 0.15) is 19.8 Å². The number of hydrogen-bond acceptors (Lipinski definition) is 7. The van der Waals surface area contributed by atoms with Crippen LogP contribution < -0.4 is 0 Å². The number of aromatic nitrogens is 1. The normalized spacial score (nSPS) is 22.6. The first-order valence-corrected chi connectivity index (χ1v) is 11.0. The van der Waals surface area contributed by atoms with E-state index in [-0.39, 0.29) is 16.1 Å². The van der Waals surface area contributed by atoms with Crippen LogP contribution in [-0.4, -0.2) is 62.2 Å². The van der Waals surface area contributed by atoms with Crippen LogP contribution in [0, 0.1) is 0 Å². The van der Waals surface area contributed by atoms with Gasteiger partial charge in [-0.25, -0.2) is 13.4 Å². The number of fused-ring (bicyclic) bond motifs is 1. The highest BCUT2D eigenvalue weighted by Gasteiger charge is 2.41. The Labute approximate surface area is 151 Å². The maximum Gasteiger partial charge on any atom is 0.210 e. The van der Waals surface area contributed by atoms with Gasteiger partial charge in [-0.15, -0.1) is 11.3 Å². The number of piperidine rings is 1. The number of hydrogen-bond donors (Lipinski definition) is 0. The Morgan fingerprint density at radius 2 is 1.92 bits per heavy atom. The quantitative estimate of drug-likeness (QED) is 0.808. The molecule has 0 amide bonds. The van der Waals surface area contributed by atoms with Crippen LogP contribution in [0.2, 0.25) is 0 Å². The summed E-state index contributed by atoms with van der Waals surface area (Å²) in [6.45, 7) is 4.86. The van der Waals surface area contributed by atoms with Crippen LogP contribution in [0.3, 0.4) is 0 Å². The third kappa shape index (κ3) is 3.46. The molecule has 0 bridgehead atoms. The fourth-order valence-electron chi connectivity index (χ4n) is 3.57. The van der Waals surface area contributed by atoms with Gasteiger partial charge in [0.05, 0.1) is 29.2 Å². The summed E-state index contributed by atoms with van der Waals surface area (Å²) < 4.78 is 38.2. The summed E-state index contributed by atoms with van der Waals surface area (Å²) in [5, 5.41) is 0. The molecule has 3 heterocycles. The van der Waals surface area contributed by atoms with Crippen molar-refractivity contribution in [2.45, 2.75) is 35.9 Å². The molecule has 0 unspecified atom stereocenters. The average Bonchev–Trinajstić information content (AvgIpc) is 3.22. The highest BCUT2D eigenvalue weighted by Crippen LogP contribution is 2.32. The standard InChI is InChI=1S/C17H22N2O4S2/c1-13(19-8-6-17(7-9-19)22-10-11-23-17)12-25(20,21)16-18-14-4-2-3-5-15(14)24-16/h2-5,13H,6-12H2,1H3/t13-/m1/s1. The molecule has 6 nitrogen and oxygen atoms in total. The molecule has 2 aliphatic rings. The first kappa shape index (κ1) is 17.4. The Hall–Kier alpha value is -1.06. The number of para-hydroxylation sites is 1. The SMILES string of the molecule is C[C@H](CS(=O)(=O)c1nc2ccccc2s1)N1CCC2(CC1)OCCO2. The molecule has 2 aliphatic heterocycles. The molecule has 25 heavy (non-hydrogen) atoms. The molecule has 1 atom stereocenters. The van der Waals surface area contributed by atoms with Gasteiger partial charge in [-0.2, -0.15) is 0 Å². The summed E-state index contributed by atoms with van der Waals surface area (Å²) in [7, 11) is -3.39. The van der Waals surface area contributed by atoms with E-state index >= 15 is 0 Å². The predicted molar refractivity (Wildman–Crippen MR) is 96.6 cm³/mol. The van der Waals surface area contributed by atoms with E-state index in [0.717, 1.165) is 36.1 Å². The molecule has 4 rings (SSSR count). The van der Waals surface area contributed by atoms with Crippen molar-refractivity contribution >= 4 is 31.4 Å². The van der Waals surface area contributed by atoms with Crippen molar-refractivity contribution < 1.29 is 17.9 Å². The van der Waals surface area contributed by atoms with Gasteiger partial charge in [-0.1, -0.05) is 12.1 Å². The molecular formula is C17H22N2O4S2. The van der Waals surface area contributed by atoms with Gasteiger partial charge < -0.3 is 9.47 Å². The van der Waals surface area contributed by atoms with Crippen LogP contribution in [0.25, 0.3) is 10.2 Å². The van der Waals surface area contributed by atoms with E-state index in [4.69, 9.17) is 9.47 Å². The predicted octanol–water partition coefficient (Wildman–Crippen LogP) is 2.30. The molecule has 2 saturated heterocycles. The molecule has 136 valence electrons. The highest BCUT2D eigenvalue weighted by atomic mass is 32.2. The Bertz CT molecular complexity index is 815. The minimum absolute atomic E-state index is 0.0595. The smallest absolute Gasteiger partial charge is 0.210 e. The lowest BCUT2D eigenvalue weighted by molar-refractivity contribution is -0.187. The number of benzene rings is 1. The number of sulfone groups is 1. The van der Waals surface area contributed by atoms with Gasteiger partial charge in [0.15, 0.2) is 5.79 Å². The number of ether oxygens (including phenoxy) is 2. The van der Waals surface area contributed by atoms with E-state index in [2.05, 4.69) is 9.88 Å². The number of thiazole rings is 1. The van der Waals surface area contributed by atoms with Crippen LogP contribution in [0.15, 0.2) is 28.6 Å². The van der Waals surface area contributed by atoms with Crippen molar-refractivity contribution in [2.24, 2.45) is 0 Å². The summed E-state index contributed by atoms with van der Waals surface area (Å²) in [5.41, 5.74) is 0.745. The molecular weight excluding hydrogens is 360 g/mol. The Kier molecular flexibility index (Phi) is 4.57. The van der Waals surface area contributed by atoms with Gasteiger partial charge >= 0.3 is 0 Å². The fraction of sp³-hybridized carbons (Fsp3) is 0.588. The summed E-state index contributed by atoms with van der Waals surface area (Å²) in [6.07, 6.45) is 1.58. The first-order chi connectivity index (χ1) is 12.0. The molecule has 1 spiro atoms. The number of nitrogens with zero attached hydrogens (tertiary/aromatic N) is 2. The van der Waals surface area contributed by atoms with Crippen LogP contribution in [0.5, 0.6) is 0 Å². The topological polar surface area (TPSA) is 68.7 Å². The second kappa shape index (κ2) is 6.59. The van der Waals surface area contributed by atoms with Crippen LogP contribution in [-0.2, 0) is 19.3 Å². The van der Waals surface area contributed by atoms with Crippen molar-refractivity contribution in [2.75, 3.05) is 32.1 Å². The molecule has 0 aliphatic carbocycles. The molecule has 2 fully saturated rings. The summed E-state index contributed by atoms with van der Waals surface area (Å²) >= 11 is 1.25. The van der Waals surface area contributed by atoms with E-state index in [1.165, 1.54) is 11.3 Å². The summed E-state index contributed by atoms with van der Waals surface area (Å²) in [5.74, 6) is -0.344. The van der Waals surface area contributed by atoms with E-state index in [0.29, 0.717) is 13.2 Å². The fourth-order valence-corrected chi connectivity index (χ4v) is 6.47. The van der Waals surface area contributed by atoms with Gasteiger partial charge in [-0.3, -0.25) is 4.90 Å². The third-order valence-corrected chi connectivity index (χ3v) is 8.39. The lowest BCUT2D eigenvalue weighted by Crippen LogP contribution is -2.49. The van der Waals surface area contributed by atoms with Gasteiger partial charge in [-0.05, 0) is 19.1 Å². The van der Waals surface area contributed by atoms with Crippen molar-refractivity contribution in [1.29, 1.82) is 0 Å². The van der Waals surface area contributed by atoms with Crippen molar-refractivity contribution in [3.8, 4) is 0 Å². The van der Waals surface area contributed by atoms with E-state index in [1.807, 2.05) is 31.2 Å². The minimum Gasteiger partial charge on any atom is -0.347 e. The number of rotatable bonds is 4. The van der Waals surface area contributed by atoms with E-state index in [1.54, 1.807) is 0 Å². The first-order valence-electron chi connectivity index (χ1n) is 8.58. The zero-order chi connectivity index (χ0) is 17.5. The maximum atomic E-state index is 12.8.